The smallest absolute Gasteiger partial charge is 0.223 e. The summed E-state index contributed by atoms with van der Waals surface area (Å²) in [7, 11) is 0. The molecule has 6 nitrogen and oxygen atoms in total. The first-order valence-corrected chi connectivity index (χ1v) is 8.88. The second-order valence-corrected chi connectivity index (χ2v) is 6.55. The quantitative estimate of drug-likeness (QED) is 0.480. The van der Waals surface area contributed by atoms with Crippen LogP contribution >= 0.6 is 22.9 Å². The van der Waals surface area contributed by atoms with Crippen molar-refractivity contribution in [2.24, 2.45) is 0 Å². The molecule has 0 fully saturated rings. The number of benzene rings is 2. The molecule has 0 aliphatic carbocycles. The van der Waals surface area contributed by atoms with Crippen LogP contribution in [0.15, 0.2) is 67.0 Å². The molecule has 0 amide bonds. The van der Waals surface area contributed by atoms with E-state index in [-0.39, 0.29) is 0 Å². The highest BCUT2D eigenvalue weighted by molar-refractivity contribution is 7.18. The van der Waals surface area contributed by atoms with E-state index in [1.807, 2.05) is 54.6 Å². The van der Waals surface area contributed by atoms with Crippen molar-refractivity contribution in [1.82, 2.24) is 20.2 Å². The second kappa shape index (κ2) is 7.47. The van der Waals surface area contributed by atoms with Gasteiger partial charge in [-0.05, 0) is 24.3 Å². The van der Waals surface area contributed by atoms with Crippen molar-refractivity contribution in [3.63, 3.8) is 0 Å². The molecule has 2 aromatic heterocycles. The average Bonchev–Trinajstić information content (AvgIpc) is 3.11. The van der Waals surface area contributed by atoms with Gasteiger partial charge in [-0.2, -0.15) is 0 Å². The number of hydrogen-bond donors (Lipinski definition) is 1. The van der Waals surface area contributed by atoms with Gasteiger partial charge in [0, 0.05) is 11.8 Å². The third kappa shape index (κ3) is 3.79. The third-order valence-corrected chi connectivity index (χ3v) is 4.47. The minimum absolute atomic E-state index is 0.317. The predicted molar refractivity (Wildman–Crippen MR) is 102 cm³/mol. The van der Waals surface area contributed by atoms with Crippen molar-refractivity contribution in [2.45, 2.75) is 0 Å². The van der Waals surface area contributed by atoms with Gasteiger partial charge in [-0.15, -0.1) is 10.2 Å². The Morgan fingerprint density at radius 2 is 1.73 bits per heavy atom. The van der Waals surface area contributed by atoms with E-state index >= 15 is 0 Å². The fourth-order valence-corrected chi connectivity index (χ4v) is 3.18. The van der Waals surface area contributed by atoms with Gasteiger partial charge < -0.3 is 10.1 Å². The predicted octanol–water partition coefficient (Wildman–Crippen LogP) is 5.18. The highest BCUT2D eigenvalue weighted by Gasteiger charge is 2.13. The lowest BCUT2D eigenvalue weighted by atomic mass is 10.2. The highest BCUT2D eigenvalue weighted by atomic mass is 35.5. The van der Waals surface area contributed by atoms with Crippen molar-refractivity contribution in [3.05, 3.63) is 72.1 Å². The summed E-state index contributed by atoms with van der Waals surface area (Å²) in [5, 5.41) is 13.5. The largest absolute Gasteiger partial charge is 0.438 e. The second-order valence-electron chi connectivity index (χ2n) is 5.18. The van der Waals surface area contributed by atoms with E-state index in [1.165, 1.54) is 17.7 Å². The van der Waals surface area contributed by atoms with Crippen LogP contribution in [-0.2, 0) is 0 Å². The van der Waals surface area contributed by atoms with Crippen LogP contribution in [0.4, 0.5) is 10.8 Å². The van der Waals surface area contributed by atoms with Gasteiger partial charge in [0.05, 0.1) is 5.56 Å². The molecule has 0 spiro atoms. The summed E-state index contributed by atoms with van der Waals surface area (Å²) in [6, 6.07) is 18.9. The monoisotopic (exact) mass is 381 g/mol. The van der Waals surface area contributed by atoms with E-state index in [1.54, 1.807) is 6.07 Å². The number of halogens is 1. The molecule has 1 N–H and O–H groups in total. The number of nitrogens with zero attached hydrogens (tertiary/aromatic N) is 4. The Hall–Kier alpha value is -3.03. The van der Waals surface area contributed by atoms with E-state index < -0.39 is 0 Å². The standard InChI is InChI=1S/C18H12ClN5OS/c19-15-10-16(21-11-20-15)25-14-9-5-4-8-13(14)17-23-24-18(26-17)22-12-6-2-1-3-7-12/h1-11H,(H,22,24). The van der Waals surface area contributed by atoms with Crippen molar-refractivity contribution in [2.75, 3.05) is 5.32 Å². The summed E-state index contributed by atoms with van der Waals surface area (Å²) in [6.45, 7) is 0. The Morgan fingerprint density at radius 1 is 0.923 bits per heavy atom. The maximum Gasteiger partial charge on any atom is 0.223 e. The number of anilines is 2. The van der Waals surface area contributed by atoms with Gasteiger partial charge in [0.2, 0.25) is 11.0 Å². The molecule has 128 valence electrons. The normalized spacial score (nSPS) is 10.5. The molecule has 8 heteroatoms. The summed E-state index contributed by atoms with van der Waals surface area (Å²) in [5.41, 5.74) is 1.77. The lowest BCUT2D eigenvalue weighted by molar-refractivity contribution is 0.463. The van der Waals surface area contributed by atoms with Crippen LogP contribution in [0, 0.1) is 0 Å². The number of nitrogens with one attached hydrogen (secondary N) is 1. The van der Waals surface area contributed by atoms with Crippen LogP contribution in [0.5, 0.6) is 11.6 Å². The van der Waals surface area contributed by atoms with Gasteiger partial charge in [0.1, 0.15) is 17.2 Å². The molecule has 0 atom stereocenters. The summed E-state index contributed by atoms with van der Waals surface area (Å²) >= 11 is 7.33. The SMILES string of the molecule is Clc1cc(Oc2ccccc2-c2nnc(Nc3ccccc3)s2)ncn1. The number of rotatable bonds is 5. The maximum absolute atomic E-state index is 5.89. The number of aromatic nitrogens is 4. The molecule has 2 aromatic carbocycles. The lowest BCUT2D eigenvalue weighted by Crippen LogP contribution is -1.91. The Balaban J connectivity index is 1.60. The topological polar surface area (TPSA) is 72.8 Å². The van der Waals surface area contributed by atoms with Crippen LogP contribution in [-0.4, -0.2) is 20.2 Å². The maximum atomic E-state index is 5.89. The first-order chi connectivity index (χ1) is 12.8. The highest BCUT2D eigenvalue weighted by Crippen LogP contribution is 2.36. The molecular weight excluding hydrogens is 370 g/mol. The first-order valence-electron chi connectivity index (χ1n) is 7.68. The summed E-state index contributed by atoms with van der Waals surface area (Å²) in [5.74, 6) is 0.981. The van der Waals surface area contributed by atoms with E-state index in [0.717, 1.165) is 16.3 Å². The van der Waals surface area contributed by atoms with E-state index in [2.05, 4.69) is 25.5 Å². The molecule has 4 aromatic rings. The van der Waals surface area contributed by atoms with Gasteiger partial charge in [0.25, 0.3) is 0 Å². The number of hydrogen-bond acceptors (Lipinski definition) is 7. The molecule has 0 saturated carbocycles. The van der Waals surface area contributed by atoms with Crippen LogP contribution in [0.2, 0.25) is 5.15 Å². The number of para-hydroxylation sites is 2. The van der Waals surface area contributed by atoms with Crippen molar-refractivity contribution >= 4 is 33.8 Å². The molecule has 0 aliphatic heterocycles. The van der Waals surface area contributed by atoms with Gasteiger partial charge in [-0.3, -0.25) is 0 Å². The molecular formula is C18H12ClN5OS. The zero-order valence-corrected chi connectivity index (χ0v) is 14.9. The number of ether oxygens (including phenoxy) is 1. The van der Waals surface area contributed by atoms with Gasteiger partial charge in [0.15, 0.2) is 5.01 Å². The molecule has 2 heterocycles. The zero-order valence-electron chi connectivity index (χ0n) is 13.3. The Labute approximate surface area is 158 Å². The summed E-state index contributed by atoms with van der Waals surface area (Å²) < 4.78 is 5.86. The van der Waals surface area contributed by atoms with Crippen molar-refractivity contribution in [1.29, 1.82) is 0 Å². The molecule has 0 radical (unpaired) electrons. The fourth-order valence-electron chi connectivity index (χ4n) is 2.25. The van der Waals surface area contributed by atoms with Crippen molar-refractivity contribution < 1.29 is 4.74 Å². The molecule has 0 aliphatic rings. The van der Waals surface area contributed by atoms with Gasteiger partial charge >= 0.3 is 0 Å². The van der Waals surface area contributed by atoms with Crippen molar-refractivity contribution in [3.8, 4) is 22.2 Å². The van der Waals surface area contributed by atoms with Crippen LogP contribution < -0.4 is 10.1 Å². The summed E-state index contributed by atoms with van der Waals surface area (Å²) in [4.78, 5) is 7.92. The molecule has 4 rings (SSSR count). The van der Waals surface area contributed by atoms with Gasteiger partial charge in [-0.1, -0.05) is 53.3 Å². The summed E-state index contributed by atoms with van der Waals surface area (Å²) in [6.07, 6.45) is 1.35. The van der Waals surface area contributed by atoms with Crippen LogP contribution in [0.3, 0.4) is 0 Å². The first kappa shape index (κ1) is 16.4. The minimum Gasteiger partial charge on any atom is -0.438 e. The van der Waals surface area contributed by atoms with Crippen LogP contribution in [0.25, 0.3) is 10.6 Å². The minimum atomic E-state index is 0.317. The molecule has 0 bridgehead atoms. The lowest BCUT2D eigenvalue weighted by Gasteiger charge is -2.08. The third-order valence-electron chi connectivity index (χ3n) is 3.39. The fraction of sp³-hybridized carbons (Fsp3) is 0. The Morgan fingerprint density at radius 3 is 2.58 bits per heavy atom. The molecule has 0 unspecified atom stereocenters. The van der Waals surface area contributed by atoms with E-state index in [4.69, 9.17) is 16.3 Å². The van der Waals surface area contributed by atoms with E-state index in [0.29, 0.717) is 21.9 Å². The molecule has 26 heavy (non-hydrogen) atoms. The Bertz CT molecular complexity index is 1020. The zero-order chi connectivity index (χ0) is 17.8. The Kier molecular flexibility index (Phi) is 4.72. The average molecular weight is 382 g/mol. The molecule has 0 saturated heterocycles. The van der Waals surface area contributed by atoms with Gasteiger partial charge in [-0.25, -0.2) is 9.97 Å². The van der Waals surface area contributed by atoms with E-state index in [9.17, 15) is 0 Å². The van der Waals surface area contributed by atoms with Crippen LogP contribution in [0.1, 0.15) is 0 Å².